The zero-order valence-electron chi connectivity index (χ0n) is 8.21. The number of aromatic nitrogens is 2. The molecule has 0 fully saturated rings. The first-order chi connectivity index (χ1) is 6.25. The summed E-state index contributed by atoms with van der Waals surface area (Å²) in [5.74, 6) is 0. The average molecular weight is 200 g/mol. The summed E-state index contributed by atoms with van der Waals surface area (Å²) in [6, 6.07) is 2.03. The Hall–Kier alpha value is -1.01. The lowest BCUT2D eigenvalue weighted by Gasteiger charge is -1.97. The third kappa shape index (κ3) is 3.47. The van der Waals surface area contributed by atoms with Crippen molar-refractivity contribution in [2.24, 2.45) is 0 Å². The Kier molecular flexibility index (Phi) is 5.99. The van der Waals surface area contributed by atoms with Gasteiger partial charge < -0.3 is 0 Å². The maximum Gasteiger partial charge on any atom is 0.129 e. The summed E-state index contributed by atoms with van der Waals surface area (Å²) in [4.78, 5) is 0. The van der Waals surface area contributed by atoms with Gasteiger partial charge >= 0.3 is 0 Å². The van der Waals surface area contributed by atoms with Crippen LogP contribution in [0.2, 0.25) is 5.15 Å². The van der Waals surface area contributed by atoms with E-state index >= 15 is 0 Å². The van der Waals surface area contributed by atoms with Gasteiger partial charge in [-0.15, -0.1) is 0 Å². The van der Waals surface area contributed by atoms with E-state index in [1.807, 2.05) is 26.8 Å². The summed E-state index contributed by atoms with van der Waals surface area (Å²) < 4.78 is 1.63. The molecule has 0 atom stereocenters. The molecule has 72 valence electrons. The van der Waals surface area contributed by atoms with Crippen molar-refractivity contribution in [3.8, 4) is 6.07 Å². The number of nitrogens with zero attached hydrogens (tertiary/aromatic N) is 3. The van der Waals surface area contributed by atoms with Crippen LogP contribution in [0, 0.1) is 18.3 Å². The van der Waals surface area contributed by atoms with Gasteiger partial charge in [0.15, 0.2) is 0 Å². The molecular weight excluding hydrogens is 186 g/mol. The molecule has 0 aliphatic rings. The molecule has 0 N–H and O–H groups in total. The van der Waals surface area contributed by atoms with E-state index in [9.17, 15) is 0 Å². The van der Waals surface area contributed by atoms with Gasteiger partial charge in [0.1, 0.15) is 5.15 Å². The number of hydrogen-bond donors (Lipinski definition) is 0. The van der Waals surface area contributed by atoms with Crippen LogP contribution in [0.3, 0.4) is 0 Å². The SMILES string of the molecule is CC.Cc1cnn(CCC#N)c1Cl. The minimum absolute atomic E-state index is 0.445. The molecule has 0 radical (unpaired) electrons. The lowest BCUT2D eigenvalue weighted by atomic mass is 10.4. The van der Waals surface area contributed by atoms with Crippen molar-refractivity contribution in [2.75, 3.05) is 0 Å². The molecule has 0 saturated carbocycles. The van der Waals surface area contributed by atoms with E-state index in [1.165, 1.54) is 0 Å². The average Bonchev–Trinajstić information content (AvgIpc) is 2.48. The van der Waals surface area contributed by atoms with Crippen LogP contribution in [0.25, 0.3) is 0 Å². The molecular formula is C9H14ClN3. The monoisotopic (exact) mass is 199 g/mol. The number of hydrogen-bond acceptors (Lipinski definition) is 2. The van der Waals surface area contributed by atoms with Gasteiger partial charge in [0.2, 0.25) is 0 Å². The second kappa shape index (κ2) is 6.50. The van der Waals surface area contributed by atoms with Crippen LogP contribution in [-0.2, 0) is 6.54 Å². The first kappa shape index (κ1) is 12.0. The smallest absolute Gasteiger partial charge is 0.129 e. The molecule has 1 aromatic heterocycles. The van der Waals surface area contributed by atoms with Gasteiger partial charge in [0.05, 0.1) is 25.2 Å². The van der Waals surface area contributed by atoms with Crippen molar-refractivity contribution in [3.63, 3.8) is 0 Å². The van der Waals surface area contributed by atoms with Crippen molar-refractivity contribution in [1.82, 2.24) is 9.78 Å². The molecule has 1 rings (SSSR count). The fourth-order valence-corrected chi connectivity index (χ4v) is 0.953. The van der Waals surface area contributed by atoms with Crippen molar-refractivity contribution >= 4 is 11.6 Å². The Labute approximate surface area is 83.9 Å². The second-order valence-electron chi connectivity index (χ2n) is 2.25. The molecule has 0 bridgehead atoms. The van der Waals surface area contributed by atoms with E-state index in [2.05, 4.69) is 5.10 Å². The van der Waals surface area contributed by atoms with Crippen LogP contribution in [0.5, 0.6) is 0 Å². The summed E-state index contributed by atoms with van der Waals surface area (Å²) in [5.41, 5.74) is 0.949. The zero-order chi connectivity index (χ0) is 10.3. The van der Waals surface area contributed by atoms with Gasteiger partial charge in [-0.05, 0) is 6.92 Å². The van der Waals surface area contributed by atoms with Crippen LogP contribution in [-0.4, -0.2) is 9.78 Å². The van der Waals surface area contributed by atoms with Gasteiger partial charge in [-0.25, -0.2) is 0 Å². The number of rotatable bonds is 2. The van der Waals surface area contributed by atoms with Crippen LogP contribution in [0.4, 0.5) is 0 Å². The molecule has 13 heavy (non-hydrogen) atoms. The quantitative estimate of drug-likeness (QED) is 0.735. The van der Waals surface area contributed by atoms with Crippen LogP contribution in [0.15, 0.2) is 6.20 Å². The zero-order valence-corrected chi connectivity index (χ0v) is 8.97. The van der Waals surface area contributed by atoms with Crippen molar-refractivity contribution in [3.05, 3.63) is 16.9 Å². The van der Waals surface area contributed by atoms with Gasteiger partial charge in [0, 0.05) is 5.56 Å². The maximum atomic E-state index is 8.29. The Balaban J connectivity index is 0.000000671. The predicted molar refractivity (Wildman–Crippen MR) is 53.6 cm³/mol. The molecule has 0 saturated heterocycles. The Bertz CT molecular complexity index is 286. The fourth-order valence-electron chi connectivity index (χ4n) is 0.776. The summed E-state index contributed by atoms with van der Waals surface area (Å²) in [6.07, 6.45) is 2.14. The molecule has 4 heteroatoms. The summed E-state index contributed by atoms with van der Waals surface area (Å²) in [6.45, 7) is 6.46. The minimum atomic E-state index is 0.445. The number of halogens is 1. The van der Waals surface area contributed by atoms with Crippen molar-refractivity contribution in [1.29, 1.82) is 5.26 Å². The van der Waals surface area contributed by atoms with E-state index in [4.69, 9.17) is 16.9 Å². The Morgan fingerprint density at radius 3 is 2.62 bits per heavy atom. The molecule has 0 aliphatic carbocycles. The van der Waals surface area contributed by atoms with Gasteiger partial charge in [-0.1, -0.05) is 25.4 Å². The normalized spacial score (nSPS) is 8.54. The third-order valence-corrected chi connectivity index (χ3v) is 1.87. The fraction of sp³-hybridized carbons (Fsp3) is 0.556. The first-order valence-electron chi connectivity index (χ1n) is 4.30. The van der Waals surface area contributed by atoms with Crippen LogP contribution >= 0.6 is 11.6 Å². The van der Waals surface area contributed by atoms with Crippen LogP contribution < -0.4 is 0 Å². The molecule has 3 nitrogen and oxygen atoms in total. The first-order valence-corrected chi connectivity index (χ1v) is 4.68. The van der Waals surface area contributed by atoms with E-state index < -0.39 is 0 Å². The lowest BCUT2D eigenvalue weighted by Crippen LogP contribution is -1.98. The molecule has 1 heterocycles. The second-order valence-corrected chi connectivity index (χ2v) is 2.61. The van der Waals surface area contributed by atoms with Crippen LogP contribution in [0.1, 0.15) is 25.8 Å². The molecule has 0 aromatic carbocycles. The summed E-state index contributed by atoms with van der Waals surface area (Å²) in [7, 11) is 0. The molecule has 0 aliphatic heterocycles. The highest BCUT2D eigenvalue weighted by molar-refractivity contribution is 6.30. The van der Waals surface area contributed by atoms with E-state index in [1.54, 1.807) is 10.9 Å². The van der Waals surface area contributed by atoms with E-state index in [-0.39, 0.29) is 0 Å². The highest BCUT2D eigenvalue weighted by atomic mass is 35.5. The molecule has 0 amide bonds. The largest absolute Gasteiger partial charge is 0.253 e. The van der Waals surface area contributed by atoms with Crippen molar-refractivity contribution in [2.45, 2.75) is 33.7 Å². The van der Waals surface area contributed by atoms with Gasteiger partial charge in [-0.3, -0.25) is 4.68 Å². The maximum absolute atomic E-state index is 8.29. The Morgan fingerprint density at radius 2 is 2.23 bits per heavy atom. The molecule has 0 unspecified atom stereocenters. The number of nitriles is 1. The molecule has 1 aromatic rings. The minimum Gasteiger partial charge on any atom is -0.253 e. The predicted octanol–water partition coefficient (Wildman–Crippen LogP) is 2.78. The number of aryl methyl sites for hydroxylation is 2. The van der Waals surface area contributed by atoms with E-state index in [0.29, 0.717) is 18.1 Å². The molecule has 0 spiro atoms. The topological polar surface area (TPSA) is 41.6 Å². The van der Waals surface area contributed by atoms with Gasteiger partial charge in [-0.2, -0.15) is 10.4 Å². The van der Waals surface area contributed by atoms with E-state index in [0.717, 1.165) is 5.56 Å². The Morgan fingerprint density at radius 1 is 1.62 bits per heavy atom. The standard InChI is InChI=1S/C7H8ClN3.C2H6/c1-6-5-10-11(7(6)8)4-2-3-9;1-2/h5H,2,4H2,1H3;1-2H3. The summed E-state index contributed by atoms with van der Waals surface area (Å²) >= 11 is 5.84. The van der Waals surface area contributed by atoms with Gasteiger partial charge in [0.25, 0.3) is 0 Å². The third-order valence-electron chi connectivity index (χ3n) is 1.38. The highest BCUT2D eigenvalue weighted by Gasteiger charge is 2.02. The van der Waals surface area contributed by atoms with Crippen molar-refractivity contribution < 1.29 is 0 Å². The highest BCUT2D eigenvalue weighted by Crippen LogP contribution is 2.13. The summed E-state index contributed by atoms with van der Waals surface area (Å²) in [5, 5.41) is 12.9. The lowest BCUT2D eigenvalue weighted by molar-refractivity contribution is 0.628.